The predicted molar refractivity (Wildman–Crippen MR) is 94.7 cm³/mol. The zero-order valence-corrected chi connectivity index (χ0v) is 15.3. The van der Waals surface area contributed by atoms with Gasteiger partial charge in [-0.3, -0.25) is 9.59 Å². The number of primary amides is 1. The van der Waals surface area contributed by atoms with Crippen LogP contribution in [-0.4, -0.2) is 21.8 Å². The molecule has 2 rings (SSSR count). The van der Waals surface area contributed by atoms with E-state index in [4.69, 9.17) is 5.73 Å². The first kappa shape index (κ1) is 19.2. The van der Waals surface area contributed by atoms with E-state index in [1.807, 2.05) is 11.6 Å². The van der Waals surface area contributed by atoms with Crippen molar-refractivity contribution in [3.8, 4) is 0 Å². The van der Waals surface area contributed by atoms with E-state index in [-0.39, 0.29) is 17.7 Å². The summed E-state index contributed by atoms with van der Waals surface area (Å²) in [6.07, 6.45) is 2.12. The summed E-state index contributed by atoms with van der Waals surface area (Å²) in [6.45, 7) is 7.74. The largest absolute Gasteiger partial charge is 0.369 e. The fourth-order valence-corrected chi connectivity index (χ4v) is 2.66. The third-order valence-electron chi connectivity index (χ3n) is 2.73. The summed E-state index contributed by atoms with van der Waals surface area (Å²) >= 11 is 3.01. The quantitative estimate of drug-likeness (QED) is 0.862. The highest BCUT2D eigenvalue weighted by atomic mass is 32.1. The van der Waals surface area contributed by atoms with E-state index in [0.29, 0.717) is 17.5 Å². The number of nitrogens with one attached hydrogen (secondary N) is 1. The van der Waals surface area contributed by atoms with E-state index in [1.165, 1.54) is 27.6 Å². The van der Waals surface area contributed by atoms with Crippen molar-refractivity contribution in [3.05, 3.63) is 27.7 Å². The van der Waals surface area contributed by atoms with Crippen molar-refractivity contribution in [3.63, 3.8) is 0 Å². The van der Waals surface area contributed by atoms with Crippen LogP contribution in [0.2, 0.25) is 0 Å². The van der Waals surface area contributed by atoms with Crippen LogP contribution in [-0.2, 0) is 16.0 Å². The van der Waals surface area contributed by atoms with Crippen LogP contribution >= 0.6 is 22.7 Å². The van der Waals surface area contributed by atoms with Gasteiger partial charge in [0.1, 0.15) is 0 Å². The summed E-state index contributed by atoms with van der Waals surface area (Å²) < 4.78 is 0. The fraction of sp³-hybridized carbons (Fsp3) is 0.467. The standard InChI is InChI=1S/C11H13N3OS2.C4H9NO/c1-7(2)9-4-12-11(17-9)14-10(15)3-8-5-16-6-13-8;1-3(2)4(5)6/h4-7H,3H2,1-2H3,(H,12,14,15);3H,1-2H3,(H2,5,6). The second-order valence-electron chi connectivity index (χ2n) is 5.48. The molecule has 2 heterocycles. The van der Waals surface area contributed by atoms with Crippen molar-refractivity contribution >= 4 is 39.6 Å². The fourth-order valence-electron chi connectivity index (χ4n) is 1.26. The molecule has 0 unspecified atom stereocenters. The van der Waals surface area contributed by atoms with Gasteiger partial charge in [0.05, 0.1) is 17.6 Å². The molecule has 0 atom stereocenters. The molecule has 0 spiro atoms. The minimum absolute atomic E-state index is 0.00926. The van der Waals surface area contributed by atoms with Gasteiger partial charge in [-0.2, -0.15) is 0 Å². The van der Waals surface area contributed by atoms with Gasteiger partial charge in [0.25, 0.3) is 0 Å². The summed E-state index contributed by atoms with van der Waals surface area (Å²) in [5.74, 6) is 0.122. The molecule has 0 aromatic carbocycles. The molecule has 0 radical (unpaired) electrons. The van der Waals surface area contributed by atoms with Crippen LogP contribution in [0.5, 0.6) is 0 Å². The Morgan fingerprint density at radius 1 is 1.26 bits per heavy atom. The first-order chi connectivity index (χ1) is 10.8. The maximum atomic E-state index is 11.7. The SMILES string of the molecule is CC(C)C(N)=O.CC(C)c1cnc(NC(=O)Cc2cscn2)s1. The molecule has 0 aliphatic rings. The minimum atomic E-state index is -0.241. The molecule has 2 aromatic rings. The third-order valence-corrected chi connectivity index (χ3v) is 4.58. The van der Waals surface area contributed by atoms with Crippen LogP contribution in [0, 0.1) is 5.92 Å². The minimum Gasteiger partial charge on any atom is -0.369 e. The van der Waals surface area contributed by atoms with Crippen LogP contribution < -0.4 is 11.1 Å². The average molecular weight is 355 g/mol. The average Bonchev–Trinajstić information content (AvgIpc) is 3.10. The van der Waals surface area contributed by atoms with E-state index in [9.17, 15) is 9.59 Å². The Hall–Kier alpha value is -1.80. The molecule has 0 bridgehead atoms. The van der Waals surface area contributed by atoms with E-state index in [2.05, 4.69) is 29.1 Å². The summed E-state index contributed by atoms with van der Waals surface area (Å²) in [6, 6.07) is 0. The monoisotopic (exact) mass is 354 g/mol. The highest BCUT2D eigenvalue weighted by Crippen LogP contribution is 2.25. The van der Waals surface area contributed by atoms with Gasteiger partial charge in [-0.25, -0.2) is 9.97 Å². The Bertz CT molecular complexity index is 621. The van der Waals surface area contributed by atoms with E-state index in [1.54, 1.807) is 19.4 Å². The zero-order chi connectivity index (χ0) is 17.4. The van der Waals surface area contributed by atoms with Gasteiger partial charge in [0, 0.05) is 22.4 Å². The van der Waals surface area contributed by atoms with Gasteiger partial charge in [0.15, 0.2) is 5.13 Å². The lowest BCUT2D eigenvalue weighted by atomic mass is 10.2. The number of carbonyl (C=O) groups is 2. The molecule has 0 saturated heterocycles. The Labute approximate surface area is 144 Å². The smallest absolute Gasteiger partial charge is 0.232 e. The Balaban J connectivity index is 0.000000379. The van der Waals surface area contributed by atoms with Crippen LogP contribution in [0.25, 0.3) is 0 Å². The number of nitrogens with two attached hydrogens (primary N) is 1. The van der Waals surface area contributed by atoms with E-state index in [0.717, 1.165) is 5.69 Å². The van der Waals surface area contributed by atoms with Crippen molar-refractivity contribution < 1.29 is 9.59 Å². The lowest BCUT2D eigenvalue weighted by molar-refractivity contribution is -0.120. The molecule has 0 aliphatic carbocycles. The molecular weight excluding hydrogens is 332 g/mol. The third kappa shape index (κ3) is 7.34. The summed E-state index contributed by atoms with van der Waals surface area (Å²) in [7, 11) is 0. The molecule has 0 aliphatic heterocycles. The molecule has 126 valence electrons. The van der Waals surface area contributed by atoms with Gasteiger partial charge in [0.2, 0.25) is 11.8 Å². The first-order valence-electron chi connectivity index (χ1n) is 7.21. The van der Waals surface area contributed by atoms with Gasteiger partial charge >= 0.3 is 0 Å². The number of thiazole rings is 2. The number of nitrogens with zero attached hydrogens (tertiary/aromatic N) is 2. The first-order valence-corrected chi connectivity index (χ1v) is 8.97. The molecule has 2 amide bonds. The van der Waals surface area contributed by atoms with Crippen molar-refractivity contribution in [2.45, 2.75) is 40.0 Å². The molecule has 3 N–H and O–H groups in total. The topological polar surface area (TPSA) is 98.0 Å². The molecule has 8 heteroatoms. The lowest BCUT2D eigenvalue weighted by Crippen LogP contribution is -2.17. The zero-order valence-electron chi connectivity index (χ0n) is 13.7. The summed E-state index contributed by atoms with van der Waals surface area (Å²) in [4.78, 5) is 31.0. The maximum Gasteiger partial charge on any atom is 0.232 e. The molecule has 23 heavy (non-hydrogen) atoms. The van der Waals surface area contributed by atoms with Gasteiger partial charge in [-0.1, -0.05) is 27.7 Å². The number of amides is 2. The van der Waals surface area contributed by atoms with Crippen LogP contribution in [0.1, 0.15) is 44.2 Å². The normalized spacial score (nSPS) is 10.3. The van der Waals surface area contributed by atoms with E-state index < -0.39 is 0 Å². The Morgan fingerprint density at radius 2 is 1.91 bits per heavy atom. The van der Waals surface area contributed by atoms with Crippen molar-refractivity contribution in [1.29, 1.82) is 0 Å². The summed E-state index contributed by atoms with van der Waals surface area (Å²) in [5, 5.41) is 5.33. The second-order valence-corrected chi connectivity index (χ2v) is 7.27. The van der Waals surface area contributed by atoms with Crippen molar-refractivity contribution in [2.24, 2.45) is 11.7 Å². The molecule has 0 fully saturated rings. The summed E-state index contributed by atoms with van der Waals surface area (Å²) in [5.41, 5.74) is 7.32. The Kier molecular flexibility index (Phi) is 7.84. The van der Waals surface area contributed by atoms with Gasteiger partial charge in [-0.05, 0) is 5.92 Å². The maximum absolute atomic E-state index is 11.7. The molecule has 6 nitrogen and oxygen atoms in total. The van der Waals surface area contributed by atoms with Crippen LogP contribution in [0.3, 0.4) is 0 Å². The highest BCUT2D eigenvalue weighted by Gasteiger charge is 2.10. The number of carbonyl (C=O) groups excluding carboxylic acids is 2. The number of anilines is 1. The van der Waals surface area contributed by atoms with E-state index >= 15 is 0 Å². The number of rotatable bonds is 5. The number of hydrogen-bond donors (Lipinski definition) is 2. The lowest BCUT2D eigenvalue weighted by Gasteiger charge is -1.99. The van der Waals surface area contributed by atoms with Gasteiger partial charge < -0.3 is 11.1 Å². The molecular formula is C15H22N4O2S2. The van der Waals surface area contributed by atoms with Gasteiger partial charge in [-0.15, -0.1) is 22.7 Å². The second kappa shape index (κ2) is 9.36. The molecule has 2 aromatic heterocycles. The van der Waals surface area contributed by atoms with Crippen molar-refractivity contribution in [2.75, 3.05) is 5.32 Å². The number of hydrogen-bond acceptors (Lipinski definition) is 6. The molecule has 0 saturated carbocycles. The van der Waals surface area contributed by atoms with Crippen molar-refractivity contribution in [1.82, 2.24) is 9.97 Å². The highest BCUT2D eigenvalue weighted by molar-refractivity contribution is 7.15. The van der Waals surface area contributed by atoms with Crippen LogP contribution in [0.4, 0.5) is 5.13 Å². The Morgan fingerprint density at radius 3 is 2.35 bits per heavy atom. The number of aromatic nitrogens is 2. The predicted octanol–water partition coefficient (Wildman–Crippen LogP) is 3.03. The van der Waals surface area contributed by atoms with Crippen LogP contribution in [0.15, 0.2) is 17.1 Å².